The first-order valence-electron chi connectivity index (χ1n) is 7.64. The minimum absolute atomic E-state index is 0.157. The van der Waals surface area contributed by atoms with Crippen molar-refractivity contribution in [2.75, 3.05) is 11.9 Å². The lowest BCUT2D eigenvalue weighted by Crippen LogP contribution is -2.29. The van der Waals surface area contributed by atoms with Crippen LogP contribution in [0.4, 0.5) is 14.9 Å². The molecule has 0 radical (unpaired) electrons. The van der Waals surface area contributed by atoms with Gasteiger partial charge < -0.3 is 15.4 Å². The Labute approximate surface area is 135 Å². The predicted molar refractivity (Wildman–Crippen MR) is 88.6 cm³/mol. The van der Waals surface area contributed by atoms with Gasteiger partial charge in [0.15, 0.2) is 0 Å². The molecule has 0 fully saturated rings. The fourth-order valence-corrected chi connectivity index (χ4v) is 2.10. The molecule has 0 aliphatic heterocycles. The Balaban J connectivity index is 1.90. The monoisotopic (exact) mass is 316 g/mol. The summed E-state index contributed by atoms with van der Waals surface area (Å²) in [6.07, 6.45) is 0.964. The molecule has 0 atom stereocenters. The Hall–Kier alpha value is -2.40. The molecule has 0 unspecified atom stereocenters. The highest BCUT2D eigenvalue weighted by Crippen LogP contribution is 2.13. The van der Waals surface area contributed by atoms with E-state index in [4.69, 9.17) is 4.74 Å². The Morgan fingerprint density at radius 3 is 2.52 bits per heavy atom. The van der Waals surface area contributed by atoms with E-state index in [9.17, 15) is 9.18 Å². The van der Waals surface area contributed by atoms with Gasteiger partial charge in [-0.3, -0.25) is 0 Å². The molecule has 2 aromatic carbocycles. The maximum atomic E-state index is 13.5. The van der Waals surface area contributed by atoms with Crippen molar-refractivity contribution in [3.8, 4) is 0 Å². The lowest BCUT2D eigenvalue weighted by Gasteiger charge is -2.12. The number of urea groups is 1. The molecule has 0 saturated carbocycles. The molecule has 2 rings (SSSR count). The van der Waals surface area contributed by atoms with E-state index in [2.05, 4.69) is 17.6 Å². The van der Waals surface area contributed by atoms with E-state index >= 15 is 0 Å². The van der Waals surface area contributed by atoms with E-state index in [1.54, 1.807) is 12.1 Å². The highest BCUT2D eigenvalue weighted by atomic mass is 19.1. The van der Waals surface area contributed by atoms with Crippen LogP contribution < -0.4 is 10.6 Å². The summed E-state index contributed by atoms with van der Waals surface area (Å²) in [5.41, 5.74) is 2.17. The number of carbonyl (C=O) groups is 1. The van der Waals surface area contributed by atoms with Crippen LogP contribution >= 0.6 is 0 Å². The zero-order valence-corrected chi connectivity index (χ0v) is 13.1. The quantitative estimate of drug-likeness (QED) is 0.756. The summed E-state index contributed by atoms with van der Waals surface area (Å²) in [7, 11) is 0. The van der Waals surface area contributed by atoms with Crippen molar-refractivity contribution in [1.82, 2.24) is 5.32 Å². The van der Waals surface area contributed by atoms with Gasteiger partial charge >= 0.3 is 6.03 Å². The first-order valence-corrected chi connectivity index (χ1v) is 7.64. The van der Waals surface area contributed by atoms with Crippen molar-refractivity contribution < 1.29 is 13.9 Å². The Morgan fingerprint density at radius 2 is 1.78 bits per heavy atom. The molecule has 5 heteroatoms. The Kier molecular flexibility index (Phi) is 6.56. The summed E-state index contributed by atoms with van der Waals surface area (Å²) in [4.78, 5) is 11.9. The van der Waals surface area contributed by atoms with E-state index in [0.717, 1.165) is 17.5 Å². The van der Waals surface area contributed by atoms with Crippen molar-refractivity contribution in [2.24, 2.45) is 0 Å². The third-order valence-electron chi connectivity index (χ3n) is 3.29. The van der Waals surface area contributed by atoms with Crippen LogP contribution in [0.1, 0.15) is 24.5 Å². The summed E-state index contributed by atoms with van der Waals surface area (Å²) in [5.74, 6) is -0.462. The molecular formula is C18H21FN2O2. The van der Waals surface area contributed by atoms with Crippen molar-refractivity contribution in [3.05, 3.63) is 65.5 Å². The molecule has 0 aromatic heterocycles. The summed E-state index contributed by atoms with van der Waals surface area (Å²) in [6.45, 7) is 3.63. The molecule has 0 spiro atoms. The Morgan fingerprint density at radius 1 is 1.09 bits per heavy atom. The number of carbonyl (C=O) groups excluding carboxylic acids is 1. The number of benzene rings is 2. The highest BCUT2D eigenvalue weighted by Gasteiger charge is 2.07. The number of hydrogen-bond donors (Lipinski definition) is 2. The highest BCUT2D eigenvalue weighted by molar-refractivity contribution is 5.89. The maximum absolute atomic E-state index is 13.5. The van der Waals surface area contributed by atoms with Crippen molar-refractivity contribution in [3.63, 3.8) is 0 Å². The van der Waals surface area contributed by atoms with Gasteiger partial charge in [-0.2, -0.15) is 0 Å². The fraction of sp³-hybridized carbons (Fsp3) is 0.278. The molecule has 0 aliphatic carbocycles. The second-order valence-corrected chi connectivity index (χ2v) is 5.11. The molecule has 0 heterocycles. The van der Waals surface area contributed by atoms with E-state index in [-0.39, 0.29) is 5.69 Å². The van der Waals surface area contributed by atoms with Crippen LogP contribution in [0.2, 0.25) is 0 Å². The van der Waals surface area contributed by atoms with E-state index in [1.165, 1.54) is 12.1 Å². The number of ether oxygens (including phenoxy) is 1. The van der Waals surface area contributed by atoms with Crippen molar-refractivity contribution in [2.45, 2.75) is 26.5 Å². The van der Waals surface area contributed by atoms with E-state index < -0.39 is 11.8 Å². The number of rotatable bonds is 7. The topological polar surface area (TPSA) is 50.4 Å². The second kappa shape index (κ2) is 8.90. The van der Waals surface area contributed by atoms with Gasteiger partial charge in [0.25, 0.3) is 0 Å². The average Bonchev–Trinajstić information content (AvgIpc) is 2.56. The zero-order valence-electron chi connectivity index (χ0n) is 13.1. The summed E-state index contributed by atoms with van der Waals surface area (Å²) >= 11 is 0. The minimum atomic E-state index is -0.462. The molecule has 122 valence electrons. The Bertz CT molecular complexity index is 646. The molecule has 0 bridgehead atoms. The van der Waals surface area contributed by atoms with Gasteiger partial charge in [0.1, 0.15) is 5.82 Å². The molecular weight excluding hydrogens is 295 g/mol. The van der Waals surface area contributed by atoms with Gasteiger partial charge in [-0.05, 0) is 29.7 Å². The zero-order chi connectivity index (χ0) is 16.5. The van der Waals surface area contributed by atoms with Gasteiger partial charge in [0.2, 0.25) is 0 Å². The average molecular weight is 316 g/mol. The number of anilines is 1. The number of para-hydroxylation sites is 1. The van der Waals surface area contributed by atoms with Gasteiger partial charge in [0, 0.05) is 13.2 Å². The third-order valence-corrected chi connectivity index (χ3v) is 3.29. The third kappa shape index (κ3) is 5.38. The lowest BCUT2D eigenvalue weighted by molar-refractivity contribution is 0.121. The van der Waals surface area contributed by atoms with Crippen molar-refractivity contribution >= 4 is 11.7 Å². The van der Waals surface area contributed by atoms with Crippen LogP contribution in [0, 0.1) is 5.82 Å². The molecule has 2 aromatic rings. The SMILES string of the molecule is CCCOCc1ccccc1CNC(=O)Nc1ccccc1F. The molecule has 2 N–H and O–H groups in total. The number of halogens is 1. The molecule has 23 heavy (non-hydrogen) atoms. The van der Waals surface area contributed by atoms with E-state index in [0.29, 0.717) is 19.8 Å². The van der Waals surface area contributed by atoms with Gasteiger partial charge in [-0.1, -0.05) is 43.3 Å². The predicted octanol–water partition coefficient (Wildman–Crippen LogP) is 4.07. The summed E-state index contributed by atoms with van der Waals surface area (Å²) in [5, 5.41) is 5.23. The van der Waals surface area contributed by atoms with Gasteiger partial charge in [0.05, 0.1) is 12.3 Å². The molecule has 0 aliphatic rings. The van der Waals surface area contributed by atoms with Crippen LogP contribution in [0.5, 0.6) is 0 Å². The summed E-state index contributed by atoms with van der Waals surface area (Å²) in [6, 6.07) is 13.4. The number of amides is 2. The van der Waals surface area contributed by atoms with Gasteiger partial charge in [-0.15, -0.1) is 0 Å². The standard InChI is InChI=1S/C18H21FN2O2/c1-2-11-23-13-15-8-4-3-7-14(15)12-20-18(22)21-17-10-6-5-9-16(17)19/h3-10H,2,11-13H2,1H3,(H2,20,21,22). The molecule has 0 saturated heterocycles. The number of hydrogen-bond acceptors (Lipinski definition) is 2. The normalized spacial score (nSPS) is 10.3. The number of nitrogens with one attached hydrogen (secondary N) is 2. The maximum Gasteiger partial charge on any atom is 0.319 e. The second-order valence-electron chi connectivity index (χ2n) is 5.11. The van der Waals surface area contributed by atoms with Crippen LogP contribution in [0.3, 0.4) is 0 Å². The summed E-state index contributed by atoms with van der Waals surface area (Å²) < 4.78 is 19.0. The fourth-order valence-electron chi connectivity index (χ4n) is 2.10. The first kappa shape index (κ1) is 17.0. The first-order chi connectivity index (χ1) is 11.2. The lowest BCUT2D eigenvalue weighted by atomic mass is 10.1. The van der Waals surface area contributed by atoms with Crippen LogP contribution in [0.25, 0.3) is 0 Å². The minimum Gasteiger partial charge on any atom is -0.377 e. The van der Waals surface area contributed by atoms with Gasteiger partial charge in [-0.25, -0.2) is 9.18 Å². The largest absolute Gasteiger partial charge is 0.377 e. The van der Waals surface area contributed by atoms with Crippen LogP contribution in [-0.2, 0) is 17.9 Å². The van der Waals surface area contributed by atoms with E-state index in [1.807, 2.05) is 24.3 Å². The van der Waals surface area contributed by atoms with Crippen molar-refractivity contribution in [1.29, 1.82) is 0 Å². The molecule has 2 amide bonds. The van der Waals surface area contributed by atoms with Crippen LogP contribution in [-0.4, -0.2) is 12.6 Å². The smallest absolute Gasteiger partial charge is 0.319 e. The van der Waals surface area contributed by atoms with Crippen LogP contribution in [0.15, 0.2) is 48.5 Å². The molecule has 4 nitrogen and oxygen atoms in total.